The Morgan fingerprint density at radius 1 is 1.10 bits per heavy atom. The fraction of sp³-hybridized carbons (Fsp3) is 0.278. The van der Waals surface area contributed by atoms with Crippen LogP contribution in [-0.2, 0) is 46.3 Å². The monoisotopic (exact) mass is 420 g/mol. The summed E-state index contributed by atoms with van der Waals surface area (Å²) in [5, 5.41) is -1.17. The second-order valence-corrected chi connectivity index (χ2v) is 7.45. The number of imide groups is 2. The van der Waals surface area contributed by atoms with E-state index in [4.69, 9.17) is 9.39 Å². The molecule has 2 aliphatic rings. The van der Waals surface area contributed by atoms with Crippen molar-refractivity contribution in [2.24, 2.45) is 0 Å². The molecule has 2 atom stereocenters. The molecule has 0 spiro atoms. The second-order valence-electron chi connectivity index (χ2n) is 6.32. The molecule has 2 unspecified atom stereocenters. The highest BCUT2D eigenvalue weighted by molar-refractivity contribution is 7.80. The summed E-state index contributed by atoms with van der Waals surface area (Å²) >= 11 is -2.52. The van der Waals surface area contributed by atoms with Crippen molar-refractivity contribution < 1.29 is 37.6 Å². The maximum Gasteiger partial charge on any atom is 0.333 e. The van der Waals surface area contributed by atoms with Crippen LogP contribution in [-0.4, -0.2) is 48.7 Å². The van der Waals surface area contributed by atoms with Gasteiger partial charge in [-0.3, -0.25) is 19.2 Å². The predicted octanol–water partition coefficient (Wildman–Crippen LogP) is 0.246. The van der Waals surface area contributed by atoms with Gasteiger partial charge in [-0.2, -0.15) is 0 Å². The van der Waals surface area contributed by atoms with Gasteiger partial charge in [-0.1, -0.05) is 12.1 Å². The van der Waals surface area contributed by atoms with E-state index in [0.29, 0.717) is 18.5 Å². The van der Waals surface area contributed by atoms with Crippen LogP contribution in [0, 0.1) is 0 Å². The Balaban J connectivity index is 1.48. The van der Waals surface area contributed by atoms with Crippen LogP contribution in [0.2, 0.25) is 0 Å². The van der Waals surface area contributed by atoms with Crippen molar-refractivity contribution in [2.45, 2.75) is 30.9 Å². The van der Waals surface area contributed by atoms with Crippen LogP contribution in [0.25, 0.3) is 0 Å². The normalized spacial score (nSPS) is 20.0. The Morgan fingerprint density at radius 3 is 2.28 bits per heavy atom. The maximum absolute atomic E-state index is 11.9. The van der Waals surface area contributed by atoms with E-state index in [1.54, 1.807) is 24.3 Å². The Bertz CT molecular complexity index is 922. The van der Waals surface area contributed by atoms with Gasteiger partial charge in [0.1, 0.15) is 0 Å². The molecule has 10 nitrogen and oxygen atoms in total. The lowest BCUT2D eigenvalue weighted by molar-refractivity contribution is -0.197. The molecule has 2 aliphatic heterocycles. The first kappa shape index (κ1) is 20.6. The lowest BCUT2D eigenvalue weighted by Gasteiger charge is -2.14. The van der Waals surface area contributed by atoms with Crippen molar-refractivity contribution >= 4 is 46.4 Å². The van der Waals surface area contributed by atoms with Gasteiger partial charge >= 0.3 is 5.97 Å². The van der Waals surface area contributed by atoms with E-state index in [-0.39, 0.29) is 11.5 Å². The van der Waals surface area contributed by atoms with Crippen molar-refractivity contribution in [3.8, 4) is 0 Å². The summed E-state index contributed by atoms with van der Waals surface area (Å²) in [7, 11) is 0. The summed E-state index contributed by atoms with van der Waals surface area (Å²) in [6.07, 6.45) is 2.64. The highest BCUT2D eigenvalue weighted by atomic mass is 32.2. The number of aryl methyl sites for hydroxylation is 1. The summed E-state index contributed by atoms with van der Waals surface area (Å²) in [5.41, 5.74) is 1.28. The van der Waals surface area contributed by atoms with Crippen LogP contribution in [0.4, 0.5) is 5.69 Å². The van der Waals surface area contributed by atoms with Crippen LogP contribution in [0.1, 0.15) is 24.8 Å². The molecule has 1 N–H and O–H groups in total. The number of carbonyl (C=O) groups is 5. The topological polar surface area (TPSA) is 138 Å². The molecule has 1 aromatic rings. The van der Waals surface area contributed by atoms with Crippen LogP contribution in [0.15, 0.2) is 36.4 Å². The summed E-state index contributed by atoms with van der Waals surface area (Å²) in [6, 6.07) is 6.67. The van der Waals surface area contributed by atoms with Crippen molar-refractivity contribution in [1.29, 1.82) is 0 Å². The first-order valence-electron chi connectivity index (χ1n) is 8.60. The van der Waals surface area contributed by atoms with Gasteiger partial charge in [0.05, 0.1) is 12.1 Å². The number of carbonyl (C=O) groups excluding carboxylic acids is 5. The number of rotatable bonds is 7. The smallest absolute Gasteiger partial charge is 0.330 e. The third-order valence-electron chi connectivity index (χ3n) is 4.35. The van der Waals surface area contributed by atoms with Crippen molar-refractivity contribution in [2.75, 3.05) is 4.90 Å². The molecule has 0 aromatic heterocycles. The average molecular weight is 420 g/mol. The number of anilines is 1. The molecule has 0 saturated carbocycles. The van der Waals surface area contributed by atoms with Gasteiger partial charge in [0.15, 0.2) is 16.3 Å². The van der Waals surface area contributed by atoms with Gasteiger partial charge in [0.2, 0.25) is 0 Å². The lowest BCUT2D eigenvalue weighted by Crippen LogP contribution is -2.35. The molecule has 0 bridgehead atoms. The molecule has 1 aromatic carbocycles. The quantitative estimate of drug-likeness (QED) is 0.489. The second kappa shape index (κ2) is 8.45. The molecule has 2 heterocycles. The minimum atomic E-state index is -2.52. The minimum absolute atomic E-state index is 0.0846. The molecule has 11 heteroatoms. The number of benzene rings is 1. The predicted molar refractivity (Wildman–Crippen MR) is 98.1 cm³/mol. The molecule has 0 aliphatic carbocycles. The van der Waals surface area contributed by atoms with Gasteiger partial charge < -0.3 is 9.39 Å². The molecule has 1 fully saturated rings. The summed E-state index contributed by atoms with van der Waals surface area (Å²) in [4.78, 5) is 64.4. The lowest BCUT2D eigenvalue weighted by atomic mass is 10.1. The van der Waals surface area contributed by atoms with Crippen molar-refractivity contribution in [1.82, 2.24) is 5.06 Å². The van der Waals surface area contributed by atoms with E-state index in [2.05, 4.69) is 0 Å². The Hall–Kier alpha value is -3.18. The number of nitrogens with zero attached hydrogens (tertiary/aromatic N) is 2. The third-order valence-corrected chi connectivity index (χ3v) is 5.20. The largest absolute Gasteiger partial charge is 0.333 e. The van der Waals surface area contributed by atoms with Gasteiger partial charge in [-0.15, -0.1) is 5.06 Å². The Kier molecular flexibility index (Phi) is 5.99. The average Bonchev–Trinajstić information content (AvgIpc) is 3.15. The van der Waals surface area contributed by atoms with Crippen LogP contribution in [0.3, 0.4) is 0 Å². The third kappa shape index (κ3) is 4.46. The summed E-state index contributed by atoms with van der Waals surface area (Å²) in [5.74, 6) is -3.49. The first-order valence-corrected chi connectivity index (χ1v) is 9.77. The van der Waals surface area contributed by atoms with Gasteiger partial charge in [0, 0.05) is 18.6 Å². The van der Waals surface area contributed by atoms with Crippen LogP contribution in [0.5, 0.6) is 0 Å². The van der Waals surface area contributed by atoms with Gasteiger partial charge in [-0.25, -0.2) is 13.9 Å². The summed E-state index contributed by atoms with van der Waals surface area (Å²) in [6.45, 7) is 0. The fourth-order valence-electron chi connectivity index (χ4n) is 2.89. The fourth-order valence-corrected chi connectivity index (χ4v) is 3.44. The first-order chi connectivity index (χ1) is 13.8. The molecule has 1 saturated heterocycles. The Morgan fingerprint density at radius 2 is 1.72 bits per heavy atom. The number of hydroxylamine groups is 2. The van der Waals surface area contributed by atoms with E-state index in [0.717, 1.165) is 10.5 Å². The standard InChI is InChI=1S/C18H16N2O8S/c21-14-8-9-15(22)19(14)12-6-4-11(5-7-12)2-1-3-17(24)28-20-16(23)10-13(18(20)25)29(26)27/h4-9,13H,1-3,10H2,(H,26,27). The van der Waals surface area contributed by atoms with Crippen LogP contribution < -0.4 is 4.90 Å². The number of amides is 4. The molecular formula is C18H16N2O8S. The van der Waals surface area contributed by atoms with Crippen LogP contribution >= 0.6 is 0 Å². The number of hydrogen-bond donors (Lipinski definition) is 1. The van der Waals surface area contributed by atoms with Crippen molar-refractivity contribution in [3.05, 3.63) is 42.0 Å². The molecule has 3 rings (SSSR count). The van der Waals surface area contributed by atoms with E-state index < -0.39 is 52.3 Å². The van der Waals surface area contributed by atoms with E-state index >= 15 is 0 Å². The highest BCUT2D eigenvalue weighted by Gasteiger charge is 2.44. The summed E-state index contributed by atoms with van der Waals surface area (Å²) < 4.78 is 20.0. The van der Waals surface area contributed by atoms with E-state index in [9.17, 15) is 28.2 Å². The zero-order valence-corrected chi connectivity index (χ0v) is 15.8. The van der Waals surface area contributed by atoms with Crippen molar-refractivity contribution in [3.63, 3.8) is 0 Å². The number of hydrogen-bond acceptors (Lipinski definition) is 7. The minimum Gasteiger partial charge on any atom is -0.330 e. The molecule has 0 radical (unpaired) electrons. The zero-order chi connectivity index (χ0) is 21.1. The SMILES string of the molecule is O=C(CCCc1ccc(N2C(=O)C=CC2=O)cc1)ON1C(=O)CC(S(=O)O)C1=O. The van der Waals surface area contributed by atoms with E-state index in [1.165, 1.54) is 12.2 Å². The Labute approximate surface area is 167 Å². The molecule has 152 valence electrons. The highest BCUT2D eigenvalue weighted by Crippen LogP contribution is 2.21. The zero-order valence-electron chi connectivity index (χ0n) is 15.0. The molecule has 4 amide bonds. The molecule has 29 heavy (non-hydrogen) atoms. The van der Waals surface area contributed by atoms with Gasteiger partial charge in [-0.05, 0) is 30.5 Å². The van der Waals surface area contributed by atoms with Gasteiger partial charge in [0.25, 0.3) is 23.6 Å². The van der Waals surface area contributed by atoms with E-state index in [1.807, 2.05) is 0 Å². The molecular weight excluding hydrogens is 404 g/mol. The maximum atomic E-state index is 11.9.